The standard InChI is InChI=1S/C11H10ClN3S/c12-9-3-4-10-11(15-16-14-10)8(9)6-7-2-1-5-13-7/h3-4H,1-2,5-6H2. The van der Waals surface area contributed by atoms with E-state index in [1.165, 1.54) is 17.4 Å². The van der Waals surface area contributed by atoms with Gasteiger partial charge in [0.15, 0.2) is 0 Å². The third-order valence-corrected chi connectivity index (χ3v) is 3.71. The molecule has 0 saturated carbocycles. The number of nitrogens with zero attached hydrogens (tertiary/aromatic N) is 3. The van der Waals surface area contributed by atoms with Gasteiger partial charge < -0.3 is 0 Å². The molecule has 0 atom stereocenters. The molecule has 0 radical (unpaired) electrons. The molecule has 16 heavy (non-hydrogen) atoms. The normalized spacial score (nSPS) is 15.7. The Hall–Kier alpha value is -1.00. The van der Waals surface area contributed by atoms with Crippen molar-refractivity contribution < 1.29 is 0 Å². The summed E-state index contributed by atoms with van der Waals surface area (Å²) < 4.78 is 8.54. The summed E-state index contributed by atoms with van der Waals surface area (Å²) in [4.78, 5) is 4.48. The average Bonchev–Trinajstić information content (AvgIpc) is 2.92. The predicted molar refractivity (Wildman–Crippen MR) is 67.7 cm³/mol. The lowest BCUT2D eigenvalue weighted by atomic mass is 10.0. The number of benzene rings is 1. The maximum Gasteiger partial charge on any atom is 0.109 e. The Morgan fingerprint density at radius 2 is 2.25 bits per heavy atom. The van der Waals surface area contributed by atoms with E-state index in [0.29, 0.717) is 0 Å². The van der Waals surface area contributed by atoms with Gasteiger partial charge in [0.25, 0.3) is 0 Å². The summed E-state index contributed by atoms with van der Waals surface area (Å²) in [5, 5.41) is 0.773. The maximum atomic E-state index is 6.22. The van der Waals surface area contributed by atoms with Gasteiger partial charge in [-0.25, -0.2) is 0 Å². The van der Waals surface area contributed by atoms with Gasteiger partial charge in [0, 0.05) is 29.3 Å². The zero-order valence-electron chi connectivity index (χ0n) is 8.61. The van der Waals surface area contributed by atoms with Crippen LogP contribution in [0.2, 0.25) is 5.02 Å². The summed E-state index contributed by atoms with van der Waals surface area (Å²) in [6, 6.07) is 3.82. The van der Waals surface area contributed by atoms with Crippen LogP contribution in [-0.2, 0) is 6.42 Å². The van der Waals surface area contributed by atoms with Gasteiger partial charge in [-0.15, -0.1) is 0 Å². The lowest BCUT2D eigenvalue weighted by molar-refractivity contribution is 0.949. The van der Waals surface area contributed by atoms with Crippen molar-refractivity contribution in [2.24, 2.45) is 4.99 Å². The fraction of sp³-hybridized carbons (Fsp3) is 0.364. The van der Waals surface area contributed by atoms with Gasteiger partial charge >= 0.3 is 0 Å². The van der Waals surface area contributed by atoms with E-state index in [0.717, 1.165) is 47.4 Å². The second kappa shape index (κ2) is 4.11. The second-order valence-corrected chi connectivity index (χ2v) is 4.82. The van der Waals surface area contributed by atoms with Crippen molar-refractivity contribution in [1.29, 1.82) is 0 Å². The number of halogens is 1. The van der Waals surface area contributed by atoms with Crippen molar-refractivity contribution in [3.05, 3.63) is 22.7 Å². The molecule has 0 spiro atoms. The summed E-state index contributed by atoms with van der Waals surface area (Å²) in [6.45, 7) is 0.957. The second-order valence-electron chi connectivity index (χ2n) is 3.89. The summed E-state index contributed by atoms with van der Waals surface area (Å²) in [5.41, 5.74) is 4.19. The topological polar surface area (TPSA) is 38.1 Å². The number of rotatable bonds is 2. The Morgan fingerprint density at radius 1 is 1.31 bits per heavy atom. The lowest BCUT2D eigenvalue weighted by Crippen LogP contribution is -2.00. The van der Waals surface area contributed by atoms with Crippen LogP contribution in [0.3, 0.4) is 0 Å². The molecule has 0 amide bonds. The molecule has 1 aliphatic rings. The zero-order valence-corrected chi connectivity index (χ0v) is 10.2. The quantitative estimate of drug-likeness (QED) is 0.823. The highest BCUT2D eigenvalue weighted by molar-refractivity contribution is 7.00. The monoisotopic (exact) mass is 251 g/mol. The van der Waals surface area contributed by atoms with Crippen molar-refractivity contribution in [2.75, 3.05) is 6.54 Å². The Balaban J connectivity index is 2.06. The first-order chi connectivity index (χ1) is 7.84. The molecule has 82 valence electrons. The minimum atomic E-state index is 0.773. The molecular weight excluding hydrogens is 242 g/mol. The van der Waals surface area contributed by atoms with Gasteiger partial charge in [0.1, 0.15) is 11.0 Å². The molecule has 0 N–H and O–H groups in total. The highest BCUT2D eigenvalue weighted by Gasteiger charge is 2.14. The summed E-state index contributed by atoms with van der Waals surface area (Å²) in [6.07, 6.45) is 3.07. The fourth-order valence-corrected chi connectivity index (χ4v) is 2.78. The van der Waals surface area contributed by atoms with Gasteiger partial charge in [-0.3, -0.25) is 4.99 Å². The number of fused-ring (bicyclic) bond motifs is 1. The molecule has 0 saturated heterocycles. The number of hydrogen-bond acceptors (Lipinski definition) is 4. The van der Waals surface area contributed by atoms with E-state index in [9.17, 15) is 0 Å². The average molecular weight is 252 g/mol. The molecule has 1 aromatic heterocycles. The molecule has 0 aliphatic carbocycles. The van der Waals surface area contributed by atoms with Crippen LogP contribution in [0.25, 0.3) is 11.0 Å². The first-order valence-corrected chi connectivity index (χ1v) is 6.37. The van der Waals surface area contributed by atoms with Crippen LogP contribution >= 0.6 is 23.3 Å². The van der Waals surface area contributed by atoms with Gasteiger partial charge in [-0.2, -0.15) is 8.75 Å². The van der Waals surface area contributed by atoms with Crippen LogP contribution in [-0.4, -0.2) is 21.0 Å². The summed E-state index contributed by atoms with van der Waals surface area (Å²) in [7, 11) is 0. The largest absolute Gasteiger partial charge is 0.294 e. The molecule has 0 fully saturated rings. The van der Waals surface area contributed by atoms with E-state index >= 15 is 0 Å². The Morgan fingerprint density at radius 3 is 3.06 bits per heavy atom. The molecule has 0 unspecified atom stereocenters. The molecule has 1 aromatic carbocycles. The van der Waals surface area contributed by atoms with Crippen molar-refractivity contribution in [2.45, 2.75) is 19.3 Å². The van der Waals surface area contributed by atoms with Crippen LogP contribution in [0.1, 0.15) is 18.4 Å². The smallest absolute Gasteiger partial charge is 0.109 e. The maximum absolute atomic E-state index is 6.22. The predicted octanol–water partition coefficient (Wildman–Crippen LogP) is 3.12. The highest BCUT2D eigenvalue weighted by Crippen LogP contribution is 2.26. The minimum absolute atomic E-state index is 0.773. The molecule has 0 bridgehead atoms. The molecule has 2 aromatic rings. The van der Waals surface area contributed by atoms with E-state index in [4.69, 9.17) is 11.6 Å². The minimum Gasteiger partial charge on any atom is -0.294 e. The van der Waals surface area contributed by atoms with Crippen LogP contribution in [0.5, 0.6) is 0 Å². The first-order valence-electron chi connectivity index (χ1n) is 5.26. The third kappa shape index (κ3) is 1.72. The number of aliphatic imine (C=N–C) groups is 1. The van der Waals surface area contributed by atoms with E-state index in [2.05, 4.69) is 13.7 Å². The molecular formula is C11H10ClN3S. The van der Waals surface area contributed by atoms with Gasteiger partial charge in [-0.1, -0.05) is 11.6 Å². The van der Waals surface area contributed by atoms with Gasteiger partial charge in [-0.05, 0) is 25.0 Å². The summed E-state index contributed by atoms with van der Waals surface area (Å²) in [5.74, 6) is 0. The Kier molecular flexibility index (Phi) is 2.61. The van der Waals surface area contributed by atoms with Crippen molar-refractivity contribution in [1.82, 2.24) is 8.75 Å². The number of hydrogen-bond donors (Lipinski definition) is 0. The van der Waals surface area contributed by atoms with E-state index in [-0.39, 0.29) is 0 Å². The molecule has 3 rings (SSSR count). The van der Waals surface area contributed by atoms with Crippen LogP contribution < -0.4 is 0 Å². The van der Waals surface area contributed by atoms with Crippen LogP contribution in [0, 0.1) is 0 Å². The van der Waals surface area contributed by atoms with E-state index in [1.807, 2.05) is 12.1 Å². The molecule has 2 heterocycles. The fourth-order valence-electron chi connectivity index (χ4n) is 2.00. The van der Waals surface area contributed by atoms with Crippen molar-refractivity contribution >= 4 is 40.1 Å². The van der Waals surface area contributed by atoms with Crippen LogP contribution in [0.4, 0.5) is 0 Å². The molecule has 3 nitrogen and oxygen atoms in total. The lowest BCUT2D eigenvalue weighted by Gasteiger charge is -2.04. The van der Waals surface area contributed by atoms with Gasteiger partial charge in [0.2, 0.25) is 0 Å². The summed E-state index contributed by atoms with van der Waals surface area (Å²) >= 11 is 7.46. The SMILES string of the molecule is Clc1ccc2nsnc2c1CC1=NCCC1. The Bertz CT molecular complexity index is 561. The van der Waals surface area contributed by atoms with E-state index < -0.39 is 0 Å². The van der Waals surface area contributed by atoms with Gasteiger partial charge in [0.05, 0.1) is 11.7 Å². The van der Waals surface area contributed by atoms with Crippen molar-refractivity contribution in [3.8, 4) is 0 Å². The molecule has 5 heteroatoms. The first kappa shape index (κ1) is 10.2. The Labute approximate surface area is 102 Å². The zero-order chi connectivity index (χ0) is 11.0. The van der Waals surface area contributed by atoms with Crippen LogP contribution in [0.15, 0.2) is 17.1 Å². The van der Waals surface area contributed by atoms with Crippen molar-refractivity contribution in [3.63, 3.8) is 0 Å². The third-order valence-electron chi connectivity index (χ3n) is 2.82. The highest BCUT2D eigenvalue weighted by atomic mass is 35.5. The molecule has 1 aliphatic heterocycles. The number of aromatic nitrogens is 2. The van der Waals surface area contributed by atoms with E-state index in [1.54, 1.807) is 0 Å².